The van der Waals surface area contributed by atoms with Crippen LogP contribution in [0.1, 0.15) is 17.3 Å². The maximum absolute atomic E-state index is 12.1. The lowest BCUT2D eigenvalue weighted by atomic mass is 10.2. The van der Waals surface area contributed by atoms with Gasteiger partial charge in [-0.1, -0.05) is 0 Å². The number of piperazine rings is 1. The van der Waals surface area contributed by atoms with Gasteiger partial charge in [0.15, 0.2) is 0 Å². The number of hydrazine groups is 1. The molecule has 6 heteroatoms. The standard InChI is InChI=1S/C13H21N5O/c1-3-14-12-10-11(4-5-15-12)13(19)16-18-8-6-17(2)7-9-18/h4-5,10H,3,6-9H2,1-2H3,(H,14,15)(H,16,19). The molecule has 1 aliphatic heterocycles. The zero-order chi connectivity index (χ0) is 13.7. The molecule has 1 aromatic rings. The predicted octanol–water partition coefficient (Wildman–Crippen LogP) is 0.406. The Hall–Kier alpha value is -1.66. The summed E-state index contributed by atoms with van der Waals surface area (Å²) in [4.78, 5) is 18.5. The van der Waals surface area contributed by atoms with Gasteiger partial charge in [-0.15, -0.1) is 0 Å². The zero-order valence-corrected chi connectivity index (χ0v) is 11.5. The molecule has 1 aliphatic rings. The van der Waals surface area contributed by atoms with Crippen LogP contribution in [0.25, 0.3) is 0 Å². The first kappa shape index (κ1) is 13.8. The second-order valence-corrected chi connectivity index (χ2v) is 4.69. The van der Waals surface area contributed by atoms with Crippen molar-refractivity contribution in [3.63, 3.8) is 0 Å². The summed E-state index contributed by atoms with van der Waals surface area (Å²) < 4.78 is 0. The van der Waals surface area contributed by atoms with Crippen LogP contribution in [0.15, 0.2) is 18.3 Å². The van der Waals surface area contributed by atoms with Gasteiger partial charge in [0.1, 0.15) is 5.82 Å². The monoisotopic (exact) mass is 263 g/mol. The van der Waals surface area contributed by atoms with Gasteiger partial charge in [0.2, 0.25) is 0 Å². The van der Waals surface area contributed by atoms with E-state index in [1.807, 2.05) is 11.9 Å². The zero-order valence-electron chi connectivity index (χ0n) is 11.5. The highest BCUT2D eigenvalue weighted by Crippen LogP contribution is 2.07. The molecule has 104 valence electrons. The van der Waals surface area contributed by atoms with Gasteiger partial charge in [-0.05, 0) is 26.1 Å². The molecule has 0 unspecified atom stereocenters. The van der Waals surface area contributed by atoms with Crippen LogP contribution in [0.3, 0.4) is 0 Å². The van der Waals surface area contributed by atoms with Crippen LogP contribution >= 0.6 is 0 Å². The number of rotatable bonds is 4. The number of pyridine rings is 1. The molecule has 1 amide bonds. The lowest BCUT2D eigenvalue weighted by Crippen LogP contribution is -2.52. The van der Waals surface area contributed by atoms with Crippen molar-refractivity contribution in [1.29, 1.82) is 0 Å². The van der Waals surface area contributed by atoms with Crippen LogP contribution in [0.2, 0.25) is 0 Å². The first-order valence-corrected chi connectivity index (χ1v) is 6.63. The van der Waals surface area contributed by atoms with E-state index >= 15 is 0 Å². The molecule has 2 heterocycles. The average Bonchev–Trinajstić information content (AvgIpc) is 2.42. The van der Waals surface area contributed by atoms with Crippen LogP contribution in [-0.2, 0) is 0 Å². The van der Waals surface area contributed by atoms with Crippen molar-refractivity contribution < 1.29 is 4.79 Å². The van der Waals surface area contributed by atoms with E-state index in [1.165, 1.54) is 0 Å². The van der Waals surface area contributed by atoms with Crippen molar-refractivity contribution in [2.45, 2.75) is 6.92 Å². The van der Waals surface area contributed by atoms with E-state index in [1.54, 1.807) is 18.3 Å². The first-order chi connectivity index (χ1) is 9.19. The summed E-state index contributed by atoms with van der Waals surface area (Å²) >= 11 is 0. The SMILES string of the molecule is CCNc1cc(C(=O)NN2CCN(C)CC2)ccn1. The third-order valence-corrected chi connectivity index (χ3v) is 3.14. The maximum atomic E-state index is 12.1. The maximum Gasteiger partial charge on any atom is 0.265 e. The summed E-state index contributed by atoms with van der Waals surface area (Å²) in [6.45, 7) is 6.44. The number of carbonyl (C=O) groups excluding carboxylic acids is 1. The van der Waals surface area contributed by atoms with Crippen LogP contribution in [0.5, 0.6) is 0 Å². The Kier molecular flexibility index (Phi) is 4.70. The number of carbonyl (C=O) groups is 1. The van der Waals surface area contributed by atoms with E-state index in [0.717, 1.165) is 38.5 Å². The Labute approximate surface area is 113 Å². The molecule has 1 saturated heterocycles. The molecule has 0 aliphatic carbocycles. The lowest BCUT2D eigenvalue weighted by molar-refractivity contribution is 0.0662. The van der Waals surface area contributed by atoms with Crippen molar-refractivity contribution in [2.24, 2.45) is 0 Å². The smallest absolute Gasteiger partial charge is 0.265 e. The molecule has 19 heavy (non-hydrogen) atoms. The summed E-state index contributed by atoms with van der Waals surface area (Å²) in [6.07, 6.45) is 1.65. The van der Waals surface area contributed by atoms with Gasteiger partial charge in [0, 0.05) is 44.5 Å². The van der Waals surface area contributed by atoms with Gasteiger partial charge in [0.25, 0.3) is 5.91 Å². The fraction of sp³-hybridized carbons (Fsp3) is 0.538. The highest BCUT2D eigenvalue weighted by atomic mass is 16.2. The molecule has 0 atom stereocenters. The van der Waals surface area contributed by atoms with Crippen LogP contribution in [0, 0.1) is 0 Å². The van der Waals surface area contributed by atoms with E-state index in [9.17, 15) is 4.79 Å². The first-order valence-electron chi connectivity index (χ1n) is 6.63. The van der Waals surface area contributed by atoms with E-state index in [2.05, 4.69) is 27.7 Å². The van der Waals surface area contributed by atoms with E-state index in [4.69, 9.17) is 0 Å². The predicted molar refractivity (Wildman–Crippen MR) is 74.9 cm³/mol. The number of likely N-dealkylation sites (N-methyl/N-ethyl adjacent to an activating group) is 1. The molecule has 0 aromatic carbocycles. The fourth-order valence-corrected chi connectivity index (χ4v) is 1.98. The van der Waals surface area contributed by atoms with Crippen molar-refractivity contribution in [1.82, 2.24) is 20.3 Å². The molecule has 0 spiro atoms. The van der Waals surface area contributed by atoms with Gasteiger partial charge in [-0.3, -0.25) is 10.2 Å². The van der Waals surface area contributed by atoms with Gasteiger partial charge in [-0.25, -0.2) is 9.99 Å². The van der Waals surface area contributed by atoms with E-state index in [0.29, 0.717) is 5.56 Å². The second-order valence-electron chi connectivity index (χ2n) is 4.69. The Morgan fingerprint density at radius 3 is 2.79 bits per heavy atom. The van der Waals surface area contributed by atoms with Gasteiger partial charge in [-0.2, -0.15) is 0 Å². The van der Waals surface area contributed by atoms with E-state index in [-0.39, 0.29) is 5.91 Å². The Morgan fingerprint density at radius 1 is 1.37 bits per heavy atom. The number of nitrogens with one attached hydrogen (secondary N) is 2. The Morgan fingerprint density at radius 2 is 2.11 bits per heavy atom. The third-order valence-electron chi connectivity index (χ3n) is 3.14. The highest BCUT2D eigenvalue weighted by molar-refractivity contribution is 5.94. The van der Waals surface area contributed by atoms with Crippen molar-refractivity contribution in [3.05, 3.63) is 23.9 Å². The molecule has 0 bridgehead atoms. The summed E-state index contributed by atoms with van der Waals surface area (Å²) in [7, 11) is 2.09. The summed E-state index contributed by atoms with van der Waals surface area (Å²) in [5.41, 5.74) is 3.57. The summed E-state index contributed by atoms with van der Waals surface area (Å²) in [5, 5.41) is 5.07. The minimum absolute atomic E-state index is 0.0777. The van der Waals surface area contributed by atoms with Crippen LogP contribution < -0.4 is 10.7 Å². The molecule has 2 rings (SSSR count). The van der Waals surface area contributed by atoms with E-state index < -0.39 is 0 Å². The normalized spacial score (nSPS) is 17.2. The second kappa shape index (κ2) is 6.49. The number of amides is 1. The number of nitrogens with zero attached hydrogens (tertiary/aromatic N) is 3. The molecule has 1 aromatic heterocycles. The average molecular weight is 263 g/mol. The third kappa shape index (κ3) is 3.90. The number of hydrogen-bond donors (Lipinski definition) is 2. The minimum atomic E-state index is -0.0777. The van der Waals surface area contributed by atoms with Gasteiger partial charge >= 0.3 is 0 Å². The molecule has 2 N–H and O–H groups in total. The summed E-state index contributed by atoms with van der Waals surface area (Å²) in [6, 6.07) is 3.50. The molecule has 0 saturated carbocycles. The topological polar surface area (TPSA) is 60.5 Å². The number of aromatic nitrogens is 1. The largest absolute Gasteiger partial charge is 0.370 e. The molecule has 0 radical (unpaired) electrons. The minimum Gasteiger partial charge on any atom is -0.370 e. The molecule has 6 nitrogen and oxygen atoms in total. The van der Waals surface area contributed by atoms with Crippen molar-refractivity contribution in [2.75, 3.05) is 45.1 Å². The fourth-order valence-electron chi connectivity index (χ4n) is 1.98. The Balaban J connectivity index is 1.94. The Bertz CT molecular complexity index is 429. The summed E-state index contributed by atoms with van der Waals surface area (Å²) in [5.74, 6) is 0.652. The van der Waals surface area contributed by atoms with Crippen molar-refractivity contribution >= 4 is 11.7 Å². The lowest BCUT2D eigenvalue weighted by Gasteiger charge is -2.32. The molecular formula is C13H21N5O. The van der Waals surface area contributed by atoms with Crippen LogP contribution in [-0.4, -0.2) is 60.6 Å². The molecular weight excluding hydrogens is 242 g/mol. The van der Waals surface area contributed by atoms with Gasteiger partial charge < -0.3 is 10.2 Å². The number of anilines is 1. The van der Waals surface area contributed by atoms with Gasteiger partial charge in [0.05, 0.1) is 0 Å². The highest BCUT2D eigenvalue weighted by Gasteiger charge is 2.16. The van der Waals surface area contributed by atoms with Crippen LogP contribution in [0.4, 0.5) is 5.82 Å². The molecule has 1 fully saturated rings. The van der Waals surface area contributed by atoms with Crippen molar-refractivity contribution in [3.8, 4) is 0 Å². The quantitative estimate of drug-likeness (QED) is 0.824. The number of hydrogen-bond acceptors (Lipinski definition) is 5.